The first kappa shape index (κ1) is 25.2. The van der Waals surface area contributed by atoms with Crippen LogP contribution in [0.5, 0.6) is 0 Å². The van der Waals surface area contributed by atoms with Crippen LogP contribution < -0.4 is 5.32 Å². The number of pyridine rings is 2. The molecule has 0 aliphatic heterocycles. The van der Waals surface area contributed by atoms with E-state index in [1.165, 1.54) is 43.4 Å². The van der Waals surface area contributed by atoms with Crippen LogP contribution in [0.25, 0.3) is 22.3 Å². The fourth-order valence-electron chi connectivity index (χ4n) is 6.17. The molecule has 38 heavy (non-hydrogen) atoms. The van der Waals surface area contributed by atoms with Gasteiger partial charge in [-0.1, -0.05) is 36.2 Å². The minimum absolute atomic E-state index is 0.0388. The molecule has 2 bridgehead atoms. The predicted octanol–water partition coefficient (Wildman–Crippen LogP) is 6.81. The number of halogens is 3. The Hall–Kier alpha value is -3.04. The van der Waals surface area contributed by atoms with Crippen LogP contribution in [0.4, 0.5) is 14.6 Å². The molecule has 3 heterocycles. The Morgan fingerprint density at radius 2 is 1.71 bits per heavy atom. The van der Waals surface area contributed by atoms with E-state index in [1.807, 2.05) is 6.92 Å². The number of aromatic nitrogens is 3. The number of nitrogens with one attached hydrogen (secondary N) is 1. The first-order chi connectivity index (χ1) is 18.1. The summed E-state index contributed by atoms with van der Waals surface area (Å²) in [7, 11) is -4.08. The quantitative estimate of drug-likeness (QED) is 0.292. The molecule has 3 saturated carbocycles. The normalized spacial score (nSPS) is 23.2. The van der Waals surface area contributed by atoms with Crippen LogP contribution in [0, 0.1) is 36.3 Å². The second kappa shape index (κ2) is 9.31. The molecule has 1 aromatic carbocycles. The summed E-state index contributed by atoms with van der Waals surface area (Å²) in [5, 5.41) is 3.82. The predicted molar refractivity (Wildman–Crippen MR) is 144 cm³/mol. The average molecular weight is 557 g/mol. The van der Waals surface area contributed by atoms with Crippen LogP contribution in [0.15, 0.2) is 53.7 Å². The molecule has 7 rings (SSSR count). The smallest absolute Gasteiger partial charge is 0.269 e. The zero-order valence-corrected chi connectivity index (χ0v) is 22.5. The number of benzene rings is 1. The number of hydrogen-bond acceptors (Lipinski definition) is 5. The Labute approximate surface area is 225 Å². The van der Waals surface area contributed by atoms with Crippen LogP contribution in [0.3, 0.4) is 0 Å². The molecule has 0 saturated heterocycles. The van der Waals surface area contributed by atoms with Gasteiger partial charge in [0.25, 0.3) is 10.0 Å². The largest absolute Gasteiger partial charge is 0.364 e. The van der Waals surface area contributed by atoms with Crippen molar-refractivity contribution in [1.82, 2.24) is 13.9 Å². The number of anilines is 1. The minimum Gasteiger partial charge on any atom is -0.364 e. The molecule has 198 valence electrons. The van der Waals surface area contributed by atoms with Crippen molar-refractivity contribution < 1.29 is 17.2 Å². The van der Waals surface area contributed by atoms with E-state index in [1.54, 1.807) is 12.1 Å². The van der Waals surface area contributed by atoms with E-state index in [0.717, 1.165) is 28.4 Å². The number of aryl methyl sites for hydroxylation is 1. The highest BCUT2D eigenvalue weighted by molar-refractivity contribution is 7.90. The Bertz CT molecular complexity index is 1650. The summed E-state index contributed by atoms with van der Waals surface area (Å²) in [6, 6.07) is 8.76. The lowest BCUT2D eigenvalue weighted by molar-refractivity contribution is 0.0926. The summed E-state index contributed by atoms with van der Waals surface area (Å²) in [6.07, 6.45) is 7.12. The standard InChI is InChI=1S/C28H27ClF2N4O2S/c1-15-3-9-20(10-4-15)38(36,37)35-14-22(21-11-19(29)13-32-28(21)35)26-23(30)12-24(31)27(34-26)33-25-16(2)17-5-7-18(25)8-6-17/h3-4,9-14,16-18,25H,5-8H2,1-2H3,(H,33,34)/t16-,17?,18?,25+/m0/s1. The Morgan fingerprint density at radius 3 is 2.39 bits per heavy atom. The molecule has 3 aliphatic carbocycles. The van der Waals surface area contributed by atoms with Crippen molar-refractivity contribution in [3.63, 3.8) is 0 Å². The van der Waals surface area contributed by atoms with Gasteiger partial charge in [0, 0.05) is 35.5 Å². The van der Waals surface area contributed by atoms with Gasteiger partial charge in [-0.2, -0.15) is 0 Å². The third kappa shape index (κ3) is 4.16. The van der Waals surface area contributed by atoms with Crippen LogP contribution in [-0.4, -0.2) is 28.4 Å². The van der Waals surface area contributed by atoms with Crippen LogP contribution in [0.1, 0.15) is 38.2 Å². The second-order valence-electron chi connectivity index (χ2n) is 10.5. The maximum absolute atomic E-state index is 15.3. The summed E-state index contributed by atoms with van der Waals surface area (Å²) < 4.78 is 58.4. The number of nitrogens with zero attached hydrogens (tertiary/aromatic N) is 3. The van der Waals surface area contributed by atoms with Crippen molar-refractivity contribution in [3.05, 3.63) is 71.0 Å². The fourth-order valence-corrected chi connectivity index (χ4v) is 7.65. The third-order valence-electron chi connectivity index (χ3n) is 8.28. The van der Waals surface area contributed by atoms with Crippen molar-refractivity contribution in [1.29, 1.82) is 0 Å². The maximum atomic E-state index is 15.3. The first-order valence-corrected chi connectivity index (χ1v) is 14.6. The molecular formula is C28H27ClF2N4O2S. The van der Waals surface area contributed by atoms with Gasteiger partial charge in [0.2, 0.25) is 0 Å². The molecule has 6 nitrogen and oxygen atoms in total. The van der Waals surface area contributed by atoms with E-state index in [-0.39, 0.29) is 38.7 Å². The van der Waals surface area contributed by atoms with Crippen LogP contribution >= 0.6 is 11.6 Å². The van der Waals surface area contributed by atoms with Gasteiger partial charge >= 0.3 is 0 Å². The van der Waals surface area contributed by atoms with Crippen molar-refractivity contribution >= 4 is 38.5 Å². The lowest BCUT2D eigenvalue weighted by Crippen LogP contribution is -2.47. The highest BCUT2D eigenvalue weighted by Gasteiger charge is 2.41. The maximum Gasteiger partial charge on any atom is 0.269 e. The van der Waals surface area contributed by atoms with Crippen molar-refractivity contribution in [2.45, 2.75) is 50.5 Å². The van der Waals surface area contributed by atoms with Crippen molar-refractivity contribution in [2.24, 2.45) is 17.8 Å². The highest BCUT2D eigenvalue weighted by atomic mass is 35.5. The van der Waals surface area contributed by atoms with Gasteiger partial charge in [0.05, 0.1) is 9.92 Å². The third-order valence-corrected chi connectivity index (χ3v) is 10.1. The molecule has 10 heteroatoms. The topological polar surface area (TPSA) is 76.9 Å². The molecule has 3 aliphatic rings. The van der Waals surface area contributed by atoms with Crippen LogP contribution in [-0.2, 0) is 10.0 Å². The Morgan fingerprint density at radius 1 is 1.03 bits per heavy atom. The van der Waals surface area contributed by atoms with Gasteiger partial charge in [0.15, 0.2) is 23.1 Å². The lowest BCUT2D eigenvalue weighted by Gasteiger charge is -2.47. The number of hydrogen-bond donors (Lipinski definition) is 1. The van der Waals surface area contributed by atoms with Gasteiger partial charge < -0.3 is 5.32 Å². The van der Waals surface area contributed by atoms with E-state index < -0.39 is 21.7 Å². The molecule has 4 aromatic rings. The van der Waals surface area contributed by atoms with Gasteiger partial charge in [-0.15, -0.1) is 0 Å². The molecule has 0 unspecified atom stereocenters. The molecule has 3 fully saturated rings. The summed E-state index contributed by atoms with van der Waals surface area (Å²) in [6.45, 7) is 4.03. The molecule has 1 N–H and O–H groups in total. The minimum atomic E-state index is -4.08. The average Bonchev–Trinajstić information content (AvgIpc) is 3.27. The van der Waals surface area contributed by atoms with Gasteiger partial charge in [-0.05, 0) is 68.6 Å². The van der Waals surface area contributed by atoms with Gasteiger partial charge in [0.1, 0.15) is 5.69 Å². The molecule has 0 radical (unpaired) electrons. The summed E-state index contributed by atoms with van der Waals surface area (Å²) >= 11 is 6.21. The Kier molecular flexibility index (Phi) is 6.18. The van der Waals surface area contributed by atoms with Gasteiger partial charge in [-0.3, -0.25) is 0 Å². The van der Waals surface area contributed by atoms with E-state index in [2.05, 4.69) is 22.2 Å². The first-order valence-electron chi connectivity index (χ1n) is 12.8. The van der Waals surface area contributed by atoms with Crippen molar-refractivity contribution in [2.75, 3.05) is 5.32 Å². The molecule has 0 spiro atoms. The van der Waals surface area contributed by atoms with Gasteiger partial charge in [-0.25, -0.2) is 31.1 Å². The highest BCUT2D eigenvalue weighted by Crippen LogP contribution is 2.46. The van der Waals surface area contributed by atoms with Crippen molar-refractivity contribution in [3.8, 4) is 11.3 Å². The molecule has 3 aromatic heterocycles. The number of fused-ring (bicyclic) bond motifs is 4. The fraction of sp³-hybridized carbons (Fsp3) is 0.357. The monoisotopic (exact) mass is 556 g/mol. The lowest BCUT2D eigenvalue weighted by atomic mass is 9.62. The van der Waals surface area contributed by atoms with E-state index in [9.17, 15) is 12.8 Å². The summed E-state index contributed by atoms with van der Waals surface area (Å²) in [5.41, 5.74) is 0.965. The van der Waals surface area contributed by atoms with E-state index in [0.29, 0.717) is 23.1 Å². The second-order valence-corrected chi connectivity index (χ2v) is 12.8. The zero-order valence-electron chi connectivity index (χ0n) is 21.0. The van der Waals surface area contributed by atoms with E-state index >= 15 is 4.39 Å². The Balaban J connectivity index is 1.48. The number of rotatable bonds is 5. The summed E-state index contributed by atoms with van der Waals surface area (Å²) in [5.74, 6) is -0.386. The van der Waals surface area contributed by atoms with E-state index in [4.69, 9.17) is 11.6 Å². The SMILES string of the molecule is Cc1ccc(S(=O)(=O)n2cc(-c3nc(N[C@H]4C5CCC(CC5)[C@@H]4C)c(F)cc3F)c3cc(Cl)cnc32)cc1. The molecule has 0 amide bonds. The summed E-state index contributed by atoms with van der Waals surface area (Å²) in [4.78, 5) is 8.68. The molecular weight excluding hydrogens is 530 g/mol. The molecule has 2 atom stereocenters. The zero-order chi connectivity index (χ0) is 26.8. The van der Waals surface area contributed by atoms with Crippen LogP contribution in [0.2, 0.25) is 5.02 Å².